The number of carbonyl (C=O) groups is 2. The van der Waals surface area contributed by atoms with Gasteiger partial charge in [-0.05, 0) is 42.3 Å². The summed E-state index contributed by atoms with van der Waals surface area (Å²) in [7, 11) is -3.71. The minimum Gasteiger partial charge on any atom is -0.340 e. The van der Waals surface area contributed by atoms with Crippen LogP contribution < -0.4 is 10.6 Å². The molecular weight excluding hydrogens is 442 g/mol. The molecule has 0 aliphatic rings. The molecule has 3 rings (SSSR count). The average Bonchev–Trinajstić information content (AvgIpc) is 3.25. The van der Waals surface area contributed by atoms with Crippen molar-refractivity contribution in [2.45, 2.75) is 38.6 Å². The van der Waals surface area contributed by atoms with Gasteiger partial charge in [-0.15, -0.1) is 0 Å². The first-order valence-electron chi connectivity index (χ1n) is 10.8. The van der Waals surface area contributed by atoms with Crippen LogP contribution in [0.5, 0.6) is 0 Å². The molecule has 9 nitrogen and oxygen atoms in total. The molecule has 0 unspecified atom stereocenters. The number of carbonyl (C=O) groups excluding carboxylic acids is 2. The van der Waals surface area contributed by atoms with E-state index in [4.69, 9.17) is 0 Å². The van der Waals surface area contributed by atoms with Gasteiger partial charge < -0.3 is 10.6 Å². The van der Waals surface area contributed by atoms with Crippen molar-refractivity contribution in [3.63, 3.8) is 0 Å². The number of anilines is 1. The SMILES string of the molecule is CCN(CC)S(=O)(=O)c1cccc(C(=O)N[C@H](C(=O)Nc2ccc3[nH]ncc3c2)C(C)C)c1. The fourth-order valence-electron chi connectivity index (χ4n) is 3.51. The van der Waals surface area contributed by atoms with Gasteiger partial charge in [-0.2, -0.15) is 9.40 Å². The number of sulfonamides is 1. The normalized spacial score (nSPS) is 12.8. The summed E-state index contributed by atoms with van der Waals surface area (Å²) >= 11 is 0. The van der Waals surface area contributed by atoms with E-state index in [2.05, 4.69) is 20.8 Å². The number of nitrogens with one attached hydrogen (secondary N) is 3. The fraction of sp³-hybridized carbons (Fsp3) is 0.348. The molecule has 1 heterocycles. The van der Waals surface area contributed by atoms with Crippen molar-refractivity contribution >= 4 is 38.4 Å². The lowest BCUT2D eigenvalue weighted by Gasteiger charge is -2.22. The number of nitrogens with zero attached hydrogens (tertiary/aromatic N) is 2. The molecule has 176 valence electrons. The summed E-state index contributed by atoms with van der Waals surface area (Å²) in [4.78, 5) is 25.9. The highest BCUT2D eigenvalue weighted by Crippen LogP contribution is 2.19. The Morgan fingerprint density at radius 1 is 1.09 bits per heavy atom. The molecule has 0 saturated heterocycles. The second kappa shape index (κ2) is 10.1. The smallest absolute Gasteiger partial charge is 0.251 e. The van der Waals surface area contributed by atoms with Crippen LogP contribution in [-0.4, -0.2) is 53.9 Å². The summed E-state index contributed by atoms with van der Waals surface area (Å²) < 4.78 is 26.9. The van der Waals surface area contributed by atoms with Gasteiger partial charge in [0.25, 0.3) is 5.91 Å². The number of rotatable bonds is 9. The van der Waals surface area contributed by atoms with Crippen molar-refractivity contribution in [3.05, 3.63) is 54.2 Å². The van der Waals surface area contributed by atoms with Crippen LogP contribution in [0.2, 0.25) is 0 Å². The molecule has 0 saturated carbocycles. The molecule has 33 heavy (non-hydrogen) atoms. The Kier molecular flexibility index (Phi) is 7.50. The highest BCUT2D eigenvalue weighted by Gasteiger charge is 2.26. The van der Waals surface area contributed by atoms with Crippen LogP contribution in [0.1, 0.15) is 38.1 Å². The molecule has 0 radical (unpaired) electrons. The van der Waals surface area contributed by atoms with Crippen molar-refractivity contribution in [3.8, 4) is 0 Å². The molecule has 0 fully saturated rings. The molecule has 0 spiro atoms. The maximum Gasteiger partial charge on any atom is 0.251 e. The fourth-order valence-corrected chi connectivity index (χ4v) is 5.01. The zero-order valence-electron chi connectivity index (χ0n) is 19.1. The largest absolute Gasteiger partial charge is 0.340 e. The molecular formula is C23H29N5O4S. The Balaban J connectivity index is 1.78. The number of hydrogen-bond donors (Lipinski definition) is 3. The van der Waals surface area contributed by atoms with Crippen molar-refractivity contribution in [2.24, 2.45) is 5.92 Å². The molecule has 3 N–H and O–H groups in total. The molecule has 0 aliphatic carbocycles. The first-order chi connectivity index (χ1) is 15.7. The number of aromatic nitrogens is 2. The van der Waals surface area contributed by atoms with Gasteiger partial charge in [-0.1, -0.05) is 33.8 Å². The number of benzene rings is 2. The second-order valence-corrected chi connectivity index (χ2v) is 9.91. The van der Waals surface area contributed by atoms with Crippen molar-refractivity contribution in [1.82, 2.24) is 19.8 Å². The molecule has 0 bridgehead atoms. The highest BCUT2D eigenvalue weighted by molar-refractivity contribution is 7.89. The lowest BCUT2D eigenvalue weighted by molar-refractivity contribution is -0.118. The molecule has 1 atom stereocenters. The molecule has 1 aromatic heterocycles. The van der Waals surface area contributed by atoms with Crippen LogP contribution in [0.3, 0.4) is 0 Å². The first-order valence-corrected chi connectivity index (χ1v) is 12.3. The standard InChI is InChI=1S/C23H29N5O4S/c1-5-28(6-2)33(31,32)19-9-7-8-16(13-19)22(29)26-21(15(3)4)23(30)25-18-10-11-20-17(12-18)14-24-27-20/h7-15,21H,5-6H2,1-4H3,(H,24,27)(H,25,30)(H,26,29)/t21-/m0/s1. The van der Waals surface area contributed by atoms with Crippen LogP contribution in [0.25, 0.3) is 10.9 Å². The summed E-state index contributed by atoms with van der Waals surface area (Å²) in [6.07, 6.45) is 1.66. The van der Waals surface area contributed by atoms with E-state index >= 15 is 0 Å². The van der Waals surface area contributed by atoms with Crippen molar-refractivity contribution < 1.29 is 18.0 Å². The zero-order valence-corrected chi connectivity index (χ0v) is 19.9. The Bertz CT molecular complexity index is 1250. The highest BCUT2D eigenvalue weighted by atomic mass is 32.2. The van der Waals surface area contributed by atoms with Gasteiger partial charge >= 0.3 is 0 Å². The third kappa shape index (κ3) is 5.40. The Morgan fingerprint density at radius 2 is 1.82 bits per heavy atom. The van der Waals surface area contributed by atoms with E-state index in [0.717, 1.165) is 10.9 Å². The van der Waals surface area contributed by atoms with Gasteiger partial charge in [0.1, 0.15) is 6.04 Å². The van der Waals surface area contributed by atoms with Crippen LogP contribution in [-0.2, 0) is 14.8 Å². The quantitative estimate of drug-likeness (QED) is 0.443. The Morgan fingerprint density at radius 3 is 2.48 bits per heavy atom. The summed E-state index contributed by atoms with van der Waals surface area (Å²) in [5.74, 6) is -1.09. The van der Waals surface area contributed by atoms with E-state index in [0.29, 0.717) is 18.8 Å². The van der Waals surface area contributed by atoms with Gasteiger partial charge in [-0.3, -0.25) is 14.7 Å². The van der Waals surface area contributed by atoms with Gasteiger partial charge in [0.15, 0.2) is 0 Å². The maximum atomic E-state index is 12.9. The molecule has 3 aromatic rings. The topological polar surface area (TPSA) is 124 Å². The lowest BCUT2D eigenvalue weighted by atomic mass is 10.0. The number of amides is 2. The van der Waals surface area contributed by atoms with Crippen LogP contribution in [0.15, 0.2) is 53.6 Å². The van der Waals surface area contributed by atoms with E-state index < -0.39 is 22.0 Å². The number of aromatic amines is 1. The van der Waals surface area contributed by atoms with E-state index in [1.54, 1.807) is 32.2 Å². The summed E-state index contributed by atoms with van der Waals surface area (Å²) in [6, 6.07) is 10.4. The van der Waals surface area contributed by atoms with Gasteiger partial charge in [-0.25, -0.2) is 8.42 Å². The van der Waals surface area contributed by atoms with Crippen molar-refractivity contribution in [1.29, 1.82) is 0 Å². The minimum absolute atomic E-state index is 0.0396. The monoisotopic (exact) mass is 471 g/mol. The second-order valence-electron chi connectivity index (χ2n) is 7.97. The number of hydrogen-bond acceptors (Lipinski definition) is 5. The van der Waals surface area contributed by atoms with E-state index in [1.807, 2.05) is 19.9 Å². The third-order valence-corrected chi connectivity index (χ3v) is 7.43. The van der Waals surface area contributed by atoms with Crippen molar-refractivity contribution in [2.75, 3.05) is 18.4 Å². The number of H-pyrrole nitrogens is 1. The van der Waals surface area contributed by atoms with Gasteiger partial charge in [0, 0.05) is 29.7 Å². The van der Waals surface area contributed by atoms with E-state index in [9.17, 15) is 18.0 Å². The predicted octanol–water partition coefficient (Wildman–Crippen LogP) is 2.99. The Labute approximate surface area is 193 Å². The van der Waals surface area contributed by atoms with E-state index in [-0.39, 0.29) is 22.3 Å². The van der Waals surface area contributed by atoms with Crippen LogP contribution >= 0.6 is 0 Å². The molecule has 0 aliphatic heterocycles. The van der Waals surface area contributed by atoms with Gasteiger partial charge in [0.2, 0.25) is 15.9 Å². The first kappa shape index (κ1) is 24.4. The lowest BCUT2D eigenvalue weighted by Crippen LogP contribution is -2.47. The van der Waals surface area contributed by atoms with E-state index in [1.165, 1.54) is 28.6 Å². The third-order valence-electron chi connectivity index (χ3n) is 5.38. The summed E-state index contributed by atoms with van der Waals surface area (Å²) in [5.41, 5.74) is 1.60. The Hall–Kier alpha value is -3.24. The zero-order chi connectivity index (χ0) is 24.2. The summed E-state index contributed by atoms with van der Waals surface area (Å²) in [5, 5.41) is 13.2. The predicted molar refractivity (Wildman–Crippen MR) is 127 cm³/mol. The summed E-state index contributed by atoms with van der Waals surface area (Å²) in [6.45, 7) is 7.82. The molecule has 2 amide bonds. The maximum absolute atomic E-state index is 12.9. The molecule has 10 heteroatoms. The minimum atomic E-state index is -3.71. The average molecular weight is 472 g/mol. The van der Waals surface area contributed by atoms with Crippen LogP contribution in [0, 0.1) is 5.92 Å². The van der Waals surface area contributed by atoms with Gasteiger partial charge in [0.05, 0.1) is 16.6 Å². The number of fused-ring (bicyclic) bond motifs is 1. The molecule has 2 aromatic carbocycles. The van der Waals surface area contributed by atoms with Crippen LogP contribution in [0.4, 0.5) is 5.69 Å².